The van der Waals surface area contributed by atoms with Crippen LogP contribution in [0, 0.1) is 10.1 Å². The molecule has 24 heavy (non-hydrogen) atoms. The molecule has 2 aromatic carbocycles. The Labute approximate surface area is 157 Å². The fraction of sp³-hybridized carbons (Fsp3) is 0. The van der Waals surface area contributed by atoms with Gasteiger partial charge < -0.3 is 0 Å². The van der Waals surface area contributed by atoms with E-state index in [4.69, 9.17) is 4.55 Å². The van der Waals surface area contributed by atoms with Crippen molar-refractivity contribution >= 4 is 56.9 Å². The predicted octanol–water partition coefficient (Wildman–Crippen LogP) is 1.24. The van der Waals surface area contributed by atoms with Gasteiger partial charge in [-0.15, -0.1) is 0 Å². The van der Waals surface area contributed by atoms with E-state index < -0.39 is 48.3 Å². The first kappa shape index (κ1) is 18.4. The monoisotopic (exact) mass is 356 g/mol. The molecule has 0 atom stereocenters. The van der Waals surface area contributed by atoms with Gasteiger partial charge in [0.1, 0.15) is 10.5 Å². The second-order valence-electron chi connectivity index (χ2n) is 4.80. The summed E-state index contributed by atoms with van der Waals surface area (Å²) in [6.45, 7) is 0. The first-order valence-electron chi connectivity index (χ1n) is 6.20. The number of hydrogen-bond acceptors (Lipinski definition) is 6. The van der Waals surface area contributed by atoms with Crippen LogP contribution in [-0.4, -0.2) is 59.0 Å². The average Bonchev–Trinajstić information content (AvgIpc) is 2.50. The van der Waals surface area contributed by atoms with Crippen molar-refractivity contribution in [1.82, 2.24) is 0 Å². The van der Waals surface area contributed by atoms with E-state index >= 15 is 0 Å². The summed E-state index contributed by atoms with van der Waals surface area (Å²) in [4.78, 5) is 34.3. The number of rotatable bonds is 2. The number of carbonyl (C=O) groups excluding carboxylic acids is 2. The topological polar surface area (TPSA) is 132 Å². The zero-order valence-corrected chi connectivity index (χ0v) is 15.0. The quantitative estimate of drug-likeness (QED) is 0.316. The number of fused-ring (bicyclic) bond motifs is 2. The number of nitro benzene ring substituents is 1. The minimum atomic E-state index is -4.78. The second-order valence-corrected chi connectivity index (χ2v) is 6.22. The number of nitro groups is 1. The Morgan fingerprint density at radius 3 is 2.00 bits per heavy atom. The van der Waals surface area contributed by atoms with Crippen LogP contribution in [0.3, 0.4) is 0 Å². The molecule has 0 amide bonds. The first-order valence-corrected chi connectivity index (χ1v) is 7.64. The molecule has 8 nitrogen and oxygen atoms in total. The van der Waals surface area contributed by atoms with Crippen LogP contribution in [0.15, 0.2) is 41.3 Å². The van der Waals surface area contributed by atoms with Gasteiger partial charge in [0.15, 0.2) is 5.78 Å². The van der Waals surface area contributed by atoms with Crippen LogP contribution in [0.2, 0.25) is 0 Å². The van der Waals surface area contributed by atoms with Crippen LogP contribution in [0.5, 0.6) is 0 Å². The molecule has 2 aromatic rings. The van der Waals surface area contributed by atoms with Crippen LogP contribution in [0.25, 0.3) is 0 Å². The first-order chi connectivity index (χ1) is 10.7. The van der Waals surface area contributed by atoms with Gasteiger partial charge in [0.05, 0.1) is 4.92 Å². The molecule has 1 radical (unpaired) electrons. The smallest absolute Gasteiger partial charge is 0.289 e. The van der Waals surface area contributed by atoms with E-state index in [1.165, 1.54) is 24.3 Å². The van der Waals surface area contributed by atoms with Gasteiger partial charge >= 0.3 is 0 Å². The maximum absolute atomic E-state index is 12.5. The number of hydrogen-bond donors (Lipinski definition) is 1. The summed E-state index contributed by atoms with van der Waals surface area (Å²) >= 11 is 0. The molecular weight excluding hydrogens is 349 g/mol. The summed E-state index contributed by atoms with van der Waals surface area (Å²) in [6.07, 6.45) is 0. The van der Waals surface area contributed by atoms with Crippen LogP contribution in [-0.2, 0) is 10.1 Å². The minimum absolute atomic E-state index is 0. The molecule has 0 aromatic heterocycles. The van der Waals surface area contributed by atoms with E-state index in [1.54, 1.807) is 0 Å². The Balaban J connectivity index is 0.00000208. The van der Waals surface area contributed by atoms with Crippen molar-refractivity contribution in [3.05, 3.63) is 68.8 Å². The van der Waals surface area contributed by atoms with E-state index in [2.05, 4.69) is 0 Å². The van der Waals surface area contributed by atoms with Gasteiger partial charge in [0.25, 0.3) is 15.8 Å². The summed E-state index contributed by atoms with van der Waals surface area (Å²) in [6, 6.07) is 7.08. The van der Waals surface area contributed by atoms with Gasteiger partial charge in [-0.25, -0.2) is 0 Å². The van der Waals surface area contributed by atoms with E-state index in [0.29, 0.717) is 6.07 Å². The Kier molecular flexibility index (Phi) is 4.75. The second kappa shape index (κ2) is 6.19. The molecule has 0 saturated heterocycles. The molecule has 0 heterocycles. The molecule has 1 N–H and O–H groups in total. The molecular formula is C14H7NNaO7S. The Morgan fingerprint density at radius 2 is 1.50 bits per heavy atom. The predicted molar refractivity (Wildman–Crippen MR) is 82.0 cm³/mol. The van der Waals surface area contributed by atoms with E-state index in [9.17, 15) is 28.1 Å². The zero-order valence-electron chi connectivity index (χ0n) is 12.2. The summed E-state index contributed by atoms with van der Waals surface area (Å²) in [5.74, 6) is -1.47. The molecule has 1 aliphatic carbocycles. The van der Waals surface area contributed by atoms with Gasteiger partial charge in [-0.1, -0.05) is 24.3 Å². The van der Waals surface area contributed by atoms with Gasteiger partial charge in [-0.05, 0) is 6.07 Å². The third kappa shape index (κ3) is 2.80. The molecule has 3 rings (SSSR count). The third-order valence-electron chi connectivity index (χ3n) is 3.47. The number of benzene rings is 2. The Bertz CT molecular complexity index is 1010. The Hall–Kier alpha value is -1.91. The zero-order chi connectivity index (χ0) is 16.9. The number of carbonyl (C=O) groups is 2. The molecule has 0 aliphatic heterocycles. The fourth-order valence-corrected chi connectivity index (χ4v) is 3.00. The van der Waals surface area contributed by atoms with Crippen molar-refractivity contribution in [2.45, 2.75) is 4.90 Å². The van der Waals surface area contributed by atoms with Crippen LogP contribution in [0.4, 0.5) is 5.69 Å². The Morgan fingerprint density at radius 1 is 0.958 bits per heavy atom. The van der Waals surface area contributed by atoms with E-state index in [0.717, 1.165) is 6.07 Å². The van der Waals surface area contributed by atoms with Crippen molar-refractivity contribution in [2.75, 3.05) is 0 Å². The third-order valence-corrected chi connectivity index (χ3v) is 4.31. The molecule has 10 heteroatoms. The van der Waals surface area contributed by atoms with E-state index in [1.807, 2.05) is 0 Å². The van der Waals surface area contributed by atoms with Crippen molar-refractivity contribution < 1.29 is 27.5 Å². The van der Waals surface area contributed by atoms with Crippen LogP contribution >= 0.6 is 0 Å². The van der Waals surface area contributed by atoms with Crippen molar-refractivity contribution in [1.29, 1.82) is 0 Å². The SMILES string of the molecule is O=C1c2ccccc2C(=O)c2c1cc(S(=O)(=O)O)cc2[N+](=O)[O-].[Na]. The summed E-state index contributed by atoms with van der Waals surface area (Å²) in [5.41, 5.74) is -1.72. The maximum atomic E-state index is 12.5. The van der Waals surface area contributed by atoms with Gasteiger partial charge in [0.2, 0.25) is 5.78 Å². The normalized spacial score (nSPS) is 12.9. The fourth-order valence-electron chi connectivity index (χ4n) is 2.47. The van der Waals surface area contributed by atoms with Gasteiger partial charge in [-0.3, -0.25) is 24.3 Å². The molecule has 117 valence electrons. The van der Waals surface area contributed by atoms with Crippen LogP contribution < -0.4 is 0 Å². The maximum Gasteiger partial charge on any atom is 0.294 e. The number of ketones is 2. The molecule has 0 saturated carbocycles. The van der Waals surface area contributed by atoms with Gasteiger partial charge in [0, 0.05) is 52.3 Å². The number of nitrogens with zero attached hydrogens (tertiary/aromatic N) is 1. The van der Waals surface area contributed by atoms with Crippen molar-refractivity contribution in [3.63, 3.8) is 0 Å². The van der Waals surface area contributed by atoms with E-state index in [-0.39, 0.29) is 40.7 Å². The average molecular weight is 356 g/mol. The summed E-state index contributed by atoms with van der Waals surface area (Å²) < 4.78 is 31.6. The molecule has 0 spiro atoms. The molecule has 0 unspecified atom stereocenters. The molecule has 1 aliphatic rings. The van der Waals surface area contributed by atoms with Crippen molar-refractivity contribution in [3.8, 4) is 0 Å². The van der Waals surface area contributed by atoms with Gasteiger partial charge in [-0.2, -0.15) is 8.42 Å². The molecule has 0 bridgehead atoms. The largest absolute Gasteiger partial charge is 0.294 e. The molecule has 0 fully saturated rings. The summed E-state index contributed by atoms with van der Waals surface area (Å²) in [5, 5.41) is 11.2. The minimum Gasteiger partial charge on any atom is -0.289 e. The van der Waals surface area contributed by atoms with Crippen LogP contribution in [0.1, 0.15) is 31.8 Å². The van der Waals surface area contributed by atoms with Crippen molar-refractivity contribution in [2.24, 2.45) is 0 Å². The standard InChI is InChI=1S/C14H7NO7S.Na/c16-13-8-3-1-2-4-9(8)14(17)12-10(13)5-7(23(20,21)22)6-11(12)15(18)19;/h1-6H,(H,20,21,22);. The summed E-state index contributed by atoms with van der Waals surface area (Å²) in [7, 11) is -4.78.